The molecule has 0 saturated heterocycles. The van der Waals surface area contributed by atoms with Gasteiger partial charge in [0.1, 0.15) is 0 Å². The molecule has 5 rings (SSSR count). The summed E-state index contributed by atoms with van der Waals surface area (Å²) in [4.78, 5) is 24.3. The molecule has 192 valence electrons. The number of allylic oxidation sites excluding steroid dienone is 4. The lowest BCUT2D eigenvalue weighted by Crippen LogP contribution is -2.23. The Bertz CT molecular complexity index is 1680. The van der Waals surface area contributed by atoms with Crippen LogP contribution in [0.5, 0.6) is 0 Å². The van der Waals surface area contributed by atoms with Crippen LogP contribution < -0.4 is 5.32 Å². The fourth-order valence-electron chi connectivity index (χ4n) is 4.44. The van der Waals surface area contributed by atoms with E-state index in [4.69, 9.17) is 0 Å². The zero-order valence-corrected chi connectivity index (χ0v) is 21.6. The molecule has 0 radical (unpaired) electrons. The predicted octanol–water partition coefficient (Wildman–Crippen LogP) is 5.33. The number of aromatic nitrogens is 1. The number of amides is 1. The fraction of sp³-hybridized carbons (Fsp3) is 0.133. The smallest absolute Gasteiger partial charge is 0.337 e. The van der Waals surface area contributed by atoms with Crippen LogP contribution >= 0.6 is 0 Å². The van der Waals surface area contributed by atoms with Crippen molar-refractivity contribution in [2.75, 3.05) is 7.11 Å². The zero-order valence-electron chi connectivity index (χ0n) is 20.8. The minimum absolute atomic E-state index is 0.0907. The van der Waals surface area contributed by atoms with Crippen LogP contribution in [0.15, 0.2) is 102 Å². The number of carbonyl (C=O) groups is 2. The maximum Gasteiger partial charge on any atom is 0.337 e. The molecule has 1 aliphatic carbocycles. The van der Waals surface area contributed by atoms with Crippen LogP contribution in [0.4, 0.5) is 0 Å². The molecule has 4 aromatic rings. The van der Waals surface area contributed by atoms with Gasteiger partial charge in [0.25, 0.3) is 15.9 Å². The second-order valence-electron chi connectivity index (χ2n) is 8.90. The molecule has 0 aliphatic heterocycles. The van der Waals surface area contributed by atoms with Crippen molar-refractivity contribution < 1.29 is 22.7 Å². The number of rotatable bonds is 7. The van der Waals surface area contributed by atoms with Crippen LogP contribution in [0.2, 0.25) is 0 Å². The van der Waals surface area contributed by atoms with Crippen molar-refractivity contribution in [3.05, 3.63) is 119 Å². The molecule has 0 spiro atoms. The standard InChI is InChI=1S/C30H26N2O5S/c1-37-30(34)24-13-11-21(12-14-24)19-31-29(33)23-15-17-25(18-16-23)38(35,36)32-20-27(22-7-3-2-4-8-22)26-9-5-6-10-28(26)32/h3,5-18,20H,2,4,19H2,1H3,(H,31,33). The first-order chi connectivity index (χ1) is 18.4. The molecule has 1 amide bonds. The minimum atomic E-state index is -3.90. The Kier molecular flexibility index (Phi) is 6.98. The molecule has 3 aromatic carbocycles. The number of nitrogens with zero attached hydrogens (tertiary/aromatic N) is 1. The zero-order chi connectivity index (χ0) is 26.7. The summed E-state index contributed by atoms with van der Waals surface area (Å²) in [6, 6.07) is 20.1. The predicted molar refractivity (Wildman–Crippen MR) is 146 cm³/mol. The topological polar surface area (TPSA) is 94.5 Å². The van der Waals surface area contributed by atoms with Gasteiger partial charge < -0.3 is 10.1 Å². The van der Waals surface area contributed by atoms with Gasteiger partial charge in [0.05, 0.1) is 23.1 Å². The normalized spacial score (nSPS) is 13.2. The highest BCUT2D eigenvalue weighted by Gasteiger charge is 2.22. The van der Waals surface area contributed by atoms with Gasteiger partial charge in [0.15, 0.2) is 0 Å². The first kappa shape index (κ1) is 25.2. The van der Waals surface area contributed by atoms with Gasteiger partial charge in [-0.15, -0.1) is 0 Å². The SMILES string of the molecule is COC(=O)c1ccc(CNC(=O)c2ccc(S(=O)(=O)n3cc(C4=CCCC=C4)c4ccccc43)cc2)cc1. The minimum Gasteiger partial charge on any atom is -0.465 e. The molecule has 0 saturated carbocycles. The second kappa shape index (κ2) is 10.5. The number of hydrogen-bond acceptors (Lipinski definition) is 5. The van der Waals surface area contributed by atoms with Crippen molar-refractivity contribution in [1.29, 1.82) is 0 Å². The Labute approximate surface area is 221 Å². The third kappa shape index (κ3) is 4.90. The molecular formula is C30H26N2O5S. The number of esters is 1. The Morgan fingerprint density at radius 1 is 0.921 bits per heavy atom. The highest BCUT2D eigenvalue weighted by Crippen LogP contribution is 2.32. The Hall–Kier alpha value is -4.43. The van der Waals surface area contributed by atoms with E-state index in [9.17, 15) is 18.0 Å². The first-order valence-electron chi connectivity index (χ1n) is 12.2. The van der Waals surface area contributed by atoms with E-state index in [1.165, 1.54) is 35.3 Å². The van der Waals surface area contributed by atoms with Gasteiger partial charge in [-0.2, -0.15) is 0 Å². The van der Waals surface area contributed by atoms with Crippen LogP contribution in [-0.4, -0.2) is 31.4 Å². The van der Waals surface area contributed by atoms with Crippen LogP contribution in [0.1, 0.15) is 44.7 Å². The number of benzene rings is 3. The van der Waals surface area contributed by atoms with E-state index in [0.29, 0.717) is 16.6 Å². The van der Waals surface area contributed by atoms with Crippen LogP contribution in [-0.2, 0) is 21.3 Å². The summed E-state index contributed by atoms with van der Waals surface area (Å²) in [6.45, 7) is 0.253. The summed E-state index contributed by atoms with van der Waals surface area (Å²) in [5.74, 6) is -0.765. The summed E-state index contributed by atoms with van der Waals surface area (Å²) < 4.78 is 33.2. The third-order valence-corrected chi connectivity index (χ3v) is 8.17. The van der Waals surface area contributed by atoms with E-state index in [0.717, 1.165) is 34.9 Å². The average molecular weight is 527 g/mol. The number of fused-ring (bicyclic) bond motifs is 1. The van der Waals surface area contributed by atoms with E-state index < -0.39 is 16.0 Å². The van der Waals surface area contributed by atoms with E-state index in [-0.39, 0.29) is 17.3 Å². The number of nitrogens with one attached hydrogen (secondary N) is 1. The molecule has 7 nitrogen and oxygen atoms in total. The molecule has 0 fully saturated rings. The third-order valence-electron chi connectivity index (χ3n) is 6.49. The van der Waals surface area contributed by atoms with Crippen molar-refractivity contribution in [3.8, 4) is 0 Å². The summed E-state index contributed by atoms with van der Waals surface area (Å²) in [5, 5.41) is 3.67. The van der Waals surface area contributed by atoms with Gasteiger partial charge in [-0.25, -0.2) is 17.2 Å². The van der Waals surface area contributed by atoms with Gasteiger partial charge in [-0.05, 0) is 66.4 Å². The monoisotopic (exact) mass is 526 g/mol. The summed E-state index contributed by atoms with van der Waals surface area (Å²) in [6.07, 6.45) is 9.82. The summed E-state index contributed by atoms with van der Waals surface area (Å²) in [5.41, 5.74) is 4.05. The molecule has 0 atom stereocenters. The molecule has 0 unspecified atom stereocenters. The highest BCUT2D eigenvalue weighted by molar-refractivity contribution is 7.90. The maximum atomic E-state index is 13.6. The van der Waals surface area contributed by atoms with Crippen LogP contribution in [0, 0.1) is 0 Å². The van der Waals surface area contributed by atoms with Crippen molar-refractivity contribution in [2.45, 2.75) is 24.3 Å². The maximum absolute atomic E-state index is 13.6. The van der Waals surface area contributed by atoms with Gasteiger partial charge in [0.2, 0.25) is 0 Å². The number of ether oxygens (including phenoxy) is 1. The summed E-state index contributed by atoms with van der Waals surface area (Å²) >= 11 is 0. The molecule has 38 heavy (non-hydrogen) atoms. The lowest BCUT2D eigenvalue weighted by Gasteiger charge is -2.09. The van der Waals surface area contributed by atoms with E-state index >= 15 is 0 Å². The Morgan fingerprint density at radius 3 is 2.32 bits per heavy atom. The number of methoxy groups -OCH3 is 1. The summed E-state index contributed by atoms with van der Waals surface area (Å²) in [7, 11) is -2.58. The van der Waals surface area contributed by atoms with Gasteiger partial charge in [-0.3, -0.25) is 4.79 Å². The van der Waals surface area contributed by atoms with E-state index in [1.54, 1.807) is 36.5 Å². The molecule has 0 bridgehead atoms. The first-order valence-corrected chi connectivity index (χ1v) is 13.6. The molecular weight excluding hydrogens is 500 g/mol. The second-order valence-corrected chi connectivity index (χ2v) is 10.7. The van der Waals surface area contributed by atoms with Gasteiger partial charge in [0, 0.05) is 29.3 Å². The lowest BCUT2D eigenvalue weighted by atomic mass is 9.99. The molecule has 1 N–H and O–H groups in total. The van der Waals surface area contributed by atoms with E-state index in [1.807, 2.05) is 24.3 Å². The molecule has 8 heteroatoms. The Morgan fingerprint density at radius 2 is 1.63 bits per heavy atom. The van der Waals surface area contributed by atoms with E-state index in [2.05, 4.69) is 22.2 Å². The largest absolute Gasteiger partial charge is 0.465 e. The number of carbonyl (C=O) groups excluding carboxylic acids is 2. The Balaban J connectivity index is 1.35. The fourth-order valence-corrected chi connectivity index (χ4v) is 5.81. The molecule has 1 heterocycles. The van der Waals surface area contributed by atoms with Crippen molar-refractivity contribution in [1.82, 2.24) is 9.29 Å². The van der Waals surface area contributed by atoms with Crippen LogP contribution in [0.25, 0.3) is 16.5 Å². The number of hydrogen-bond donors (Lipinski definition) is 1. The lowest BCUT2D eigenvalue weighted by molar-refractivity contribution is 0.0600. The quantitative estimate of drug-likeness (QED) is 0.329. The van der Waals surface area contributed by atoms with Crippen LogP contribution in [0.3, 0.4) is 0 Å². The van der Waals surface area contributed by atoms with Crippen molar-refractivity contribution in [2.24, 2.45) is 0 Å². The van der Waals surface area contributed by atoms with Crippen molar-refractivity contribution >= 4 is 38.4 Å². The van der Waals surface area contributed by atoms with Gasteiger partial charge in [-0.1, -0.05) is 48.6 Å². The molecule has 1 aromatic heterocycles. The van der Waals surface area contributed by atoms with Gasteiger partial charge >= 0.3 is 5.97 Å². The highest BCUT2D eigenvalue weighted by atomic mass is 32.2. The van der Waals surface area contributed by atoms with Crippen molar-refractivity contribution in [3.63, 3.8) is 0 Å². The average Bonchev–Trinajstić information content (AvgIpc) is 3.37. The number of para-hydroxylation sites is 1. The molecule has 1 aliphatic rings.